The molecule has 0 radical (unpaired) electrons. The second kappa shape index (κ2) is 8.60. The van der Waals surface area contributed by atoms with Crippen molar-refractivity contribution in [3.8, 4) is 12.3 Å². The number of hydrogen-bond acceptors (Lipinski definition) is 2. The number of amides is 1. The van der Waals surface area contributed by atoms with Crippen molar-refractivity contribution >= 4 is 5.91 Å². The highest BCUT2D eigenvalue weighted by Crippen LogP contribution is 2.25. The molecule has 1 amide bonds. The summed E-state index contributed by atoms with van der Waals surface area (Å²) in [4.78, 5) is 14.9. The lowest BCUT2D eigenvalue weighted by Gasteiger charge is -2.34. The van der Waals surface area contributed by atoms with E-state index in [1.807, 2.05) is 35.2 Å². The number of likely N-dealkylation sites (tertiary alicyclic amines) is 1. The van der Waals surface area contributed by atoms with Gasteiger partial charge in [-0.05, 0) is 30.7 Å². The molecular formula is C19H25NO2. The fraction of sp³-hybridized carbons (Fsp3) is 0.526. The van der Waals surface area contributed by atoms with E-state index < -0.39 is 0 Å². The first kappa shape index (κ1) is 16.6. The summed E-state index contributed by atoms with van der Waals surface area (Å²) in [5.74, 6) is 3.10. The number of rotatable bonds is 6. The van der Waals surface area contributed by atoms with Crippen LogP contribution in [0.2, 0.25) is 0 Å². The van der Waals surface area contributed by atoms with Gasteiger partial charge in [0.1, 0.15) is 6.61 Å². The third-order valence-electron chi connectivity index (χ3n) is 4.28. The van der Waals surface area contributed by atoms with Crippen molar-refractivity contribution in [3.63, 3.8) is 0 Å². The number of benzene rings is 1. The quantitative estimate of drug-likeness (QED) is 0.597. The van der Waals surface area contributed by atoms with Crippen LogP contribution >= 0.6 is 0 Å². The Balaban J connectivity index is 1.97. The number of terminal acetylenes is 1. The molecule has 2 rings (SSSR count). The number of ether oxygens (including phenoxy) is 1. The van der Waals surface area contributed by atoms with E-state index in [4.69, 9.17) is 11.2 Å². The van der Waals surface area contributed by atoms with Gasteiger partial charge in [0.15, 0.2) is 0 Å². The van der Waals surface area contributed by atoms with E-state index in [1.54, 1.807) is 0 Å². The van der Waals surface area contributed by atoms with Crippen LogP contribution in [0.15, 0.2) is 30.3 Å². The molecule has 1 saturated heterocycles. The smallest absolute Gasteiger partial charge is 0.230 e. The number of carbonyl (C=O) groups is 1. The van der Waals surface area contributed by atoms with Crippen molar-refractivity contribution in [3.05, 3.63) is 35.9 Å². The minimum absolute atomic E-state index is 0.0356. The van der Waals surface area contributed by atoms with Gasteiger partial charge in [0, 0.05) is 13.1 Å². The van der Waals surface area contributed by atoms with E-state index in [-0.39, 0.29) is 11.8 Å². The number of nitrogens with zero attached hydrogens (tertiary/aromatic N) is 1. The van der Waals surface area contributed by atoms with Gasteiger partial charge < -0.3 is 9.64 Å². The summed E-state index contributed by atoms with van der Waals surface area (Å²) >= 11 is 0. The highest BCUT2D eigenvalue weighted by molar-refractivity contribution is 5.83. The molecule has 0 unspecified atom stereocenters. The summed E-state index contributed by atoms with van der Waals surface area (Å²) < 4.78 is 5.45. The third-order valence-corrected chi connectivity index (χ3v) is 4.28. The average molecular weight is 299 g/mol. The van der Waals surface area contributed by atoms with Crippen molar-refractivity contribution in [2.75, 3.05) is 26.3 Å². The van der Waals surface area contributed by atoms with E-state index in [1.165, 1.54) is 0 Å². The molecule has 1 heterocycles. The first-order valence-corrected chi connectivity index (χ1v) is 8.11. The lowest BCUT2D eigenvalue weighted by Crippen LogP contribution is -2.43. The van der Waals surface area contributed by atoms with Crippen LogP contribution < -0.4 is 0 Å². The Labute approximate surface area is 133 Å². The molecule has 1 fully saturated rings. The molecule has 0 saturated carbocycles. The molecule has 118 valence electrons. The van der Waals surface area contributed by atoms with Crippen LogP contribution in [0.3, 0.4) is 0 Å². The Hall–Kier alpha value is -1.79. The Morgan fingerprint density at radius 3 is 2.91 bits per heavy atom. The van der Waals surface area contributed by atoms with Gasteiger partial charge in [0.25, 0.3) is 0 Å². The van der Waals surface area contributed by atoms with Crippen LogP contribution in [0.25, 0.3) is 0 Å². The molecule has 0 aromatic heterocycles. The minimum atomic E-state index is -0.0356. The summed E-state index contributed by atoms with van der Waals surface area (Å²) in [5.41, 5.74) is 1.11. The molecule has 0 N–H and O–H groups in total. The number of piperidine rings is 1. The van der Waals surface area contributed by atoms with Gasteiger partial charge in [-0.2, -0.15) is 0 Å². The molecule has 0 spiro atoms. The Morgan fingerprint density at radius 2 is 2.23 bits per heavy atom. The van der Waals surface area contributed by atoms with Crippen LogP contribution in [0, 0.1) is 18.3 Å². The summed E-state index contributed by atoms with van der Waals surface area (Å²) in [6.07, 6.45) is 8.18. The molecule has 1 aromatic carbocycles. The van der Waals surface area contributed by atoms with Crippen LogP contribution in [0.4, 0.5) is 0 Å². The zero-order valence-corrected chi connectivity index (χ0v) is 13.3. The highest BCUT2D eigenvalue weighted by Gasteiger charge is 2.28. The van der Waals surface area contributed by atoms with Gasteiger partial charge in [-0.3, -0.25) is 4.79 Å². The predicted molar refractivity (Wildman–Crippen MR) is 88.4 cm³/mol. The van der Waals surface area contributed by atoms with Gasteiger partial charge >= 0.3 is 0 Å². The summed E-state index contributed by atoms with van der Waals surface area (Å²) in [6, 6.07) is 10.1. The summed E-state index contributed by atoms with van der Waals surface area (Å²) in [5, 5.41) is 0. The maximum Gasteiger partial charge on any atom is 0.230 e. The maximum absolute atomic E-state index is 12.9. The van der Waals surface area contributed by atoms with Crippen LogP contribution in [0.5, 0.6) is 0 Å². The fourth-order valence-corrected chi connectivity index (χ4v) is 3.14. The van der Waals surface area contributed by atoms with Crippen LogP contribution in [-0.2, 0) is 9.53 Å². The molecule has 3 nitrogen and oxygen atoms in total. The monoisotopic (exact) mass is 299 g/mol. The van der Waals surface area contributed by atoms with Gasteiger partial charge in [0.05, 0.1) is 12.5 Å². The lowest BCUT2D eigenvalue weighted by molar-refractivity contribution is -0.135. The van der Waals surface area contributed by atoms with Gasteiger partial charge in [0.2, 0.25) is 5.91 Å². The summed E-state index contributed by atoms with van der Waals surface area (Å²) in [7, 11) is 0. The molecule has 1 aromatic rings. The molecular weight excluding hydrogens is 274 g/mol. The first-order valence-electron chi connectivity index (χ1n) is 8.11. The van der Waals surface area contributed by atoms with E-state index in [0.717, 1.165) is 37.9 Å². The van der Waals surface area contributed by atoms with E-state index in [2.05, 4.69) is 12.8 Å². The van der Waals surface area contributed by atoms with Crippen LogP contribution in [-0.4, -0.2) is 37.1 Å². The topological polar surface area (TPSA) is 29.5 Å². The molecule has 22 heavy (non-hydrogen) atoms. The Morgan fingerprint density at radius 1 is 1.45 bits per heavy atom. The molecule has 0 bridgehead atoms. The minimum Gasteiger partial charge on any atom is -0.368 e. The lowest BCUT2D eigenvalue weighted by atomic mass is 9.92. The van der Waals surface area contributed by atoms with Crippen molar-refractivity contribution in [2.45, 2.75) is 32.1 Å². The zero-order valence-electron chi connectivity index (χ0n) is 13.3. The van der Waals surface area contributed by atoms with Crippen LogP contribution in [0.1, 0.15) is 37.7 Å². The van der Waals surface area contributed by atoms with E-state index in [0.29, 0.717) is 19.1 Å². The fourth-order valence-electron chi connectivity index (χ4n) is 3.14. The number of carbonyl (C=O) groups excluding carboxylic acids is 1. The highest BCUT2D eigenvalue weighted by atomic mass is 16.5. The van der Waals surface area contributed by atoms with Gasteiger partial charge in [-0.1, -0.05) is 43.2 Å². The first-order chi connectivity index (χ1) is 10.8. The van der Waals surface area contributed by atoms with Crippen molar-refractivity contribution in [1.82, 2.24) is 4.90 Å². The number of hydrogen-bond donors (Lipinski definition) is 0. The van der Waals surface area contributed by atoms with Crippen molar-refractivity contribution in [2.24, 2.45) is 5.92 Å². The van der Waals surface area contributed by atoms with Gasteiger partial charge in [-0.25, -0.2) is 0 Å². The van der Waals surface area contributed by atoms with E-state index in [9.17, 15) is 4.79 Å². The molecule has 1 aliphatic heterocycles. The van der Waals surface area contributed by atoms with Crippen molar-refractivity contribution < 1.29 is 9.53 Å². The summed E-state index contributed by atoms with van der Waals surface area (Å²) in [6.45, 7) is 4.72. The van der Waals surface area contributed by atoms with Crippen molar-refractivity contribution in [1.29, 1.82) is 0 Å². The second-order valence-electron chi connectivity index (χ2n) is 5.88. The Kier molecular flexibility index (Phi) is 6.48. The standard InChI is InChI=1S/C19H25NO2/c1-3-13-22-15-16-9-8-12-20(14-16)19(21)18(4-2)17-10-6-5-7-11-17/h1,5-7,10-11,16,18H,4,8-9,12-15H2,2H3/t16-,18+/m1/s1. The molecule has 0 aliphatic carbocycles. The molecule has 2 atom stereocenters. The molecule has 3 heteroatoms. The third kappa shape index (κ3) is 4.35. The predicted octanol–water partition coefficient (Wildman–Crippen LogP) is 3.07. The average Bonchev–Trinajstić information content (AvgIpc) is 2.57. The zero-order chi connectivity index (χ0) is 15.8. The second-order valence-corrected chi connectivity index (χ2v) is 5.88. The van der Waals surface area contributed by atoms with Gasteiger partial charge in [-0.15, -0.1) is 6.42 Å². The largest absolute Gasteiger partial charge is 0.368 e. The maximum atomic E-state index is 12.9. The molecule has 1 aliphatic rings. The normalized spacial score (nSPS) is 19.5. The SMILES string of the molecule is C#CCOC[C@@H]1CCCN(C(=O)[C@@H](CC)c2ccccc2)C1. The van der Waals surface area contributed by atoms with E-state index >= 15 is 0 Å². The Bertz CT molecular complexity index is 506.